The highest BCUT2D eigenvalue weighted by molar-refractivity contribution is 5.31. The molecule has 1 saturated heterocycles. The highest BCUT2D eigenvalue weighted by Gasteiger charge is 2.24. The van der Waals surface area contributed by atoms with E-state index in [4.69, 9.17) is 4.74 Å². The van der Waals surface area contributed by atoms with Gasteiger partial charge in [-0.25, -0.2) is 0 Å². The lowest BCUT2D eigenvalue weighted by Crippen LogP contribution is -2.24. The molecule has 0 spiro atoms. The van der Waals surface area contributed by atoms with Gasteiger partial charge in [-0.3, -0.25) is 0 Å². The molecule has 1 heterocycles. The highest BCUT2D eigenvalue weighted by atomic mass is 16.5. The SMILES string of the molecule is COc1cccc(C2CCC(CCc3ccccc3)N2)c1. The first-order valence-electron chi connectivity index (χ1n) is 7.79. The first kappa shape index (κ1) is 14.2. The van der Waals surface area contributed by atoms with Crippen LogP contribution in [0.2, 0.25) is 0 Å². The summed E-state index contributed by atoms with van der Waals surface area (Å²) < 4.78 is 5.32. The number of benzene rings is 2. The molecule has 2 aromatic carbocycles. The Bertz CT molecular complexity index is 567. The predicted octanol–water partition coefficient (Wildman–Crippen LogP) is 4.12. The number of ether oxygens (including phenoxy) is 1. The van der Waals surface area contributed by atoms with E-state index in [1.54, 1.807) is 7.11 Å². The topological polar surface area (TPSA) is 21.3 Å². The fourth-order valence-electron chi connectivity index (χ4n) is 3.15. The maximum atomic E-state index is 5.32. The molecule has 3 rings (SSSR count). The predicted molar refractivity (Wildman–Crippen MR) is 86.7 cm³/mol. The van der Waals surface area contributed by atoms with Crippen LogP contribution in [0.3, 0.4) is 0 Å². The Morgan fingerprint density at radius 2 is 1.90 bits per heavy atom. The van der Waals surface area contributed by atoms with E-state index in [-0.39, 0.29) is 0 Å². The largest absolute Gasteiger partial charge is 0.497 e. The van der Waals surface area contributed by atoms with Gasteiger partial charge >= 0.3 is 0 Å². The van der Waals surface area contributed by atoms with E-state index in [0.29, 0.717) is 12.1 Å². The zero-order valence-corrected chi connectivity index (χ0v) is 12.6. The van der Waals surface area contributed by atoms with Crippen molar-refractivity contribution >= 4 is 0 Å². The second-order valence-corrected chi connectivity index (χ2v) is 5.79. The number of rotatable bonds is 5. The van der Waals surface area contributed by atoms with E-state index in [0.717, 1.165) is 12.2 Å². The molecule has 0 amide bonds. The molecule has 1 aliphatic heterocycles. The van der Waals surface area contributed by atoms with Crippen molar-refractivity contribution in [3.05, 3.63) is 65.7 Å². The van der Waals surface area contributed by atoms with Crippen LogP contribution < -0.4 is 10.1 Å². The molecule has 0 radical (unpaired) electrons. The average molecular weight is 281 g/mol. The summed E-state index contributed by atoms with van der Waals surface area (Å²) in [5.74, 6) is 0.946. The Kier molecular flexibility index (Phi) is 4.56. The van der Waals surface area contributed by atoms with Gasteiger partial charge in [0.25, 0.3) is 0 Å². The molecule has 0 saturated carbocycles. The van der Waals surface area contributed by atoms with Gasteiger partial charge in [0.05, 0.1) is 7.11 Å². The van der Waals surface area contributed by atoms with Crippen molar-refractivity contribution in [3.63, 3.8) is 0 Å². The molecule has 2 heteroatoms. The maximum Gasteiger partial charge on any atom is 0.119 e. The van der Waals surface area contributed by atoms with E-state index in [1.165, 1.54) is 30.4 Å². The second kappa shape index (κ2) is 6.77. The standard InChI is InChI=1S/C19H23NO/c1-21-18-9-5-8-16(14-18)19-13-12-17(20-19)11-10-15-6-3-2-4-7-15/h2-9,14,17,19-20H,10-13H2,1H3. The third-order valence-electron chi connectivity index (χ3n) is 4.36. The summed E-state index contributed by atoms with van der Waals surface area (Å²) in [6.07, 6.45) is 4.84. The van der Waals surface area contributed by atoms with Crippen LogP contribution in [0.15, 0.2) is 54.6 Å². The summed E-state index contributed by atoms with van der Waals surface area (Å²) >= 11 is 0. The number of methoxy groups -OCH3 is 1. The molecule has 110 valence electrons. The van der Waals surface area contributed by atoms with Gasteiger partial charge in [-0.1, -0.05) is 42.5 Å². The van der Waals surface area contributed by atoms with Crippen molar-refractivity contribution in [1.29, 1.82) is 0 Å². The van der Waals surface area contributed by atoms with Crippen molar-refractivity contribution in [2.45, 2.75) is 37.8 Å². The Morgan fingerprint density at radius 3 is 2.71 bits per heavy atom. The maximum absolute atomic E-state index is 5.32. The first-order chi connectivity index (χ1) is 10.3. The van der Waals surface area contributed by atoms with Gasteiger partial charge in [-0.05, 0) is 48.9 Å². The van der Waals surface area contributed by atoms with Gasteiger partial charge in [0.1, 0.15) is 5.75 Å². The molecule has 2 unspecified atom stereocenters. The van der Waals surface area contributed by atoms with Crippen LogP contribution in [0.5, 0.6) is 5.75 Å². The number of hydrogen-bond acceptors (Lipinski definition) is 2. The summed E-state index contributed by atoms with van der Waals surface area (Å²) in [4.78, 5) is 0. The number of hydrogen-bond donors (Lipinski definition) is 1. The molecule has 1 fully saturated rings. The highest BCUT2D eigenvalue weighted by Crippen LogP contribution is 2.30. The molecule has 1 aliphatic rings. The Hall–Kier alpha value is -1.80. The molecule has 0 bridgehead atoms. The van der Waals surface area contributed by atoms with E-state index >= 15 is 0 Å². The molecule has 2 aromatic rings. The molecule has 0 aromatic heterocycles. The third-order valence-corrected chi connectivity index (χ3v) is 4.36. The molecule has 2 atom stereocenters. The number of aryl methyl sites for hydroxylation is 1. The van der Waals surface area contributed by atoms with Crippen LogP contribution in [0.25, 0.3) is 0 Å². The minimum atomic E-state index is 0.473. The Morgan fingerprint density at radius 1 is 1.05 bits per heavy atom. The summed E-state index contributed by atoms with van der Waals surface area (Å²) in [7, 11) is 1.73. The summed E-state index contributed by atoms with van der Waals surface area (Å²) in [6, 6.07) is 20.3. The van der Waals surface area contributed by atoms with Crippen molar-refractivity contribution in [1.82, 2.24) is 5.32 Å². The van der Waals surface area contributed by atoms with Crippen LogP contribution in [0.4, 0.5) is 0 Å². The molecular weight excluding hydrogens is 258 g/mol. The summed E-state index contributed by atoms with van der Waals surface area (Å²) in [5, 5.41) is 3.77. The summed E-state index contributed by atoms with van der Waals surface area (Å²) in [6.45, 7) is 0. The Balaban J connectivity index is 1.55. The van der Waals surface area contributed by atoms with Crippen LogP contribution in [0.1, 0.15) is 36.4 Å². The van der Waals surface area contributed by atoms with Crippen LogP contribution in [-0.4, -0.2) is 13.2 Å². The smallest absolute Gasteiger partial charge is 0.119 e. The normalized spacial score (nSPS) is 21.4. The van der Waals surface area contributed by atoms with E-state index in [1.807, 2.05) is 6.07 Å². The molecular formula is C19H23NO. The van der Waals surface area contributed by atoms with Gasteiger partial charge in [0.15, 0.2) is 0 Å². The van der Waals surface area contributed by atoms with Gasteiger partial charge in [0, 0.05) is 12.1 Å². The number of nitrogens with one attached hydrogen (secondary N) is 1. The quantitative estimate of drug-likeness (QED) is 0.890. The van der Waals surface area contributed by atoms with Crippen molar-refractivity contribution in [2.24, 2.45) is 0 Å². The zero-order valence-electron chi connectivity index (χ0n) is 12.6. The lowest BCUT2D eigenvalue weighted by molar-refractivity contribution is 0.413. The molecule has 1 N–H and O–H groups in total. The molecule has 21 heavy (non-hydrogen) atoms. The van der Waals surface area contributed by atoms with E-state index in [9.17, 15) is 0 Å². The monoisotopic (exact) mass is 281 g/mol. The molecule has 0 aliphatic carbocycles. The Labute approximate surface area is 127 Å². The fourth-order valence-corrected chi connectivity index (χ4v) is 3.15. The summed E-state index contributed by atoms with van der Waals surface area (Å²) in [5.41, 5.74) is 2.78. The second-order valence-electron chi connectivity index (χ2n) is 5.79. The third kappa shape index (κ3) is 3.64. The van der Waals surface area contributed by atoms with Gasteiger partial charge in [-0.2, -0.15) is 0 Å². The van der Waals surface area contributed by atoms with E-state index in [2.05, 4.69) is 53.8 Å². The van der Waals surface area contributed by atoms with E-state index < -0.39 is 0 Å². The average Bonchev–Trinajstić information content (AvgIpc) is 3.03. The lowest BCUT2D eigenvalue weighted by atomic mass is 10.0. The lowest BCUT2D eigenvalue weighted by Gasteiger charge is -2.15. The van der Waals surface area contributed by atoms with Crippen LogP contribution >= 0.6 is 0 Å². The van der Waals surface area contributed by atoms with Crippen molar-refractivity contribution in [3.8, 4) is 5.75 Å². The van der Waals surface area contributed by atoms with Gasteiger partial charge in [0.2, 0.25) is 0 Å². The fraction of sp³-hybridized carbons (Fsp3) is 0.368. The zero-order chi connectivity index (χ0) is 14.5. The first-order valence-corrected chi connectivity index (χ1v) is 7.79. The van der Waals surface area contributed by atoms with Gasteiger partial charge < -0.3 is 10.1 Å². The van der Waals surface area contributed by atoms with Crippen molar-refractivity contribution in [2.75, 3.05) is 7.11 Å². The van der Waals surface area contributed by atoms with Crippen LogP contribution in [-0.2, 0) is 6.42 Å². The van der Waals surface area contributed by atoms with Crippen molar-refractivity contribution < 1.29 is 4.74 Å². The minimum absolute atomic E-state index is 0.473. The molecule has 2 nitrogen and oxygen atoms in total. The van der Waals surface area contributed by atoms with Gasteiger partial charge in [-0.15, -0.1) is 0 Å². The van der Waals surface area contributed by atoms with Crippen LogP contribution in [0, 0.1) is 0 Å². The minimum Gasteiger partial charge on any atom is -0.497 e.